The third kappa shape index (κ3) is 6.49. The number of nitrogens with zero attached hydrogens (tertiary/aromatic N) is 6. The molecule has 3 heterocycles. The van der Waals surface area contributed by atoms with Gasteiger partial charge in [-0.1, -0.05) is 29.3 Å². The molecule has 3 aromatic carbocycles. The molecule has 0 bridgehead atoms. The summed E-state index contributed by atoms with van der Waals surface area (Å²) in [5.41, 5.74) is 3.13. The zero-order valence-corrected chi connectivity index (χ0v) is 27.7. The maximum absolute atomic E-state index is 14.0. The number of ether oxygens (including phenoxy) is 1. The Hall–Kier alpha value is -4.28. The van der Waals surface area contributed by atoms with Gasteiger partial charge >= 0.3 is 0 Å². The van der Waals surface area contributed by atoms with Crippen LogP contribution in [0.5, 0.6) is 5.75 Å². The summed E-state index contributed by atoms with van der Waals surface area (Å²) in [5.74, 6) is -0.0483. The molecule has 0 aliphatic carbocycles. The summed E-state index contributed by atoms with van der Waals surface area (Å²) in [6, 6.07) is 15.7. The van der Waals surface area contributed by atoms with Crippen LogP contribution in [0.1, 0.15) is 40.0 Å². The topological polar surface area (TPSA) is 137 Å². The summed E-state index contributed by atoms with van der Waals surface area (Å²) < 4.78 is 35.3. The van der Waals surface area contributed by atoms with E-state index in [1.807, 2.05) is 19.1 Å². The molecule has 2 aliphatic heterocycles. The molecule has 0 radical (unpaired) electrons. The minimum Gasteiger partial charge on any atom is -0.486 e. The smallest absolute Gasteiger partial charge is 0.253 e. The molecule has 1 aromatic heterocycles. The lowest BCUT2D eigenvalue weighted by Gasteiger charge is -2.37. The third-order valence-corrected chi connectivity index (χ3v) is 11.2. The molecule has 2 aliphatic rings. The molecule has 0 saturated carbocycles. The van der Waals surface area contributed by atoms with Crippen molar-refractivity contribution in [1.29, 1.82) is 5.26 Å². The van der Waals surface area contributed by atoms with Gasteiger partial charge in [-0.15, -0.1) is 0 Å². The van der Waals surface area contributed by atoms with Crippen LogP contribution in [0.15, 0.2) is 65.7 Å². The molecule has 2 fully saturated rings. The Morgan fingerprint density at radius 1 is 1.00 bits per heavy atom. The van der Waals surface area contributed by atoms with Crippen LogP contribution < -0.4 is 4.74 Å². The van der Waals surface area contributed by atoms with Gasteiger partial charge in [0, 0.05) is 55.1 Å². The Balaban J connectivity index is 1.16. The van der Waals surface area contributed by atoms with Gasteiger partial charge in [-0.2, -0.15) is 9.57 Å². The van der Waals surface area contributed by atoms with E-state index >= 15 is 0 Å². The number of amides is 2. The number of aryl methyl sites for hydroxylation is 1. The highest BCUT2D eigenvalue weighted by molar-refractivity contribution is 7.89. The van der Waals surface area contributed by atoms with Crippen LogP contribution in [0.4, 0.5) is 0 Å². The summed E-state index contributed by atoms with van der Waals surface area (Å²) in [6.45, 7) is 3.01. The van der Waals surface area contributed by atoms with E-state index in [1.165, 1.54) is 16.4 Å². The summed E-state index contributed by atoms with van der Waals surface area (Å²) in [5, 5.41) is 9.17. The van der Waals surface area contributed by atoms with Crippen molar-refractivity contribution in [3.05, 3.63) is 93.2 Å². The van der Waals surface area contributed by atoms with Gasteiger partial charge in [0.05, 0.1) is 27.9 Å². The Morgan fingerprint density at radius 2 is 1.72 bits per heavy atom. The lowest BCUT2D eigenvalue weighted by atomic mass is 10.1. The van der Waals surface area contributed by atoms with E-state index in [4.69, 9.17) is 33.2 Å². The highest BCUT2D eigenvalue weighted by Crippen LogP contribution is 2.37. The molecule has 1 unspecified atom stereocenters. The second-order valence-corrected chi connectivity index (χ2v) is 14.0. The Kier molecular flexibility index (Phi) is 9.34. The van der Waals surface area contributed by atoms with Gasteiger partial charge in [0.15, 0.2) is 0 Å². The van der Waals surface area contributed by atoms with Crippen LogP contribution in [-0.2, 0) is 21.4 Å². The molecule has 2 amide bonds. The first-order chi connectivity index (χ1) is 22.6. The second kappa shape index (κ2) is 13.4. The van der Waals surface area contributed by atoms with E-state index in [0.717, 1.165) is 0 Å². The van der Waals surface area contributed by atoms with Gasteiger partial charge < -0.3 is 14.5 Å². The molecule has 11 nitrogen and oxygen atoms in total. The number of carbonyl (C=O) groups excluding carboxylic acids is 2. The SMILES string of the molecule is Cc1cnc2cccc(OCc3c(Cl)ccc(S(=O)(=O)N4CCCC4C(=O)N4CCN(C(=O)c5ccc(C#N)cc5)CC4)c3Cl)c2n1. The van der Waals surface area contributed by atoms with Gasteiger partial charge in [0.2, 0.25) is 15.9 Å². The van der Waals surface area contributed by atoms with Gasteiger partial charge in [0.1, 0.15) is 28.8 Å². The number of fused-ring (bicyclic) bond motifs is 1. The number of halogens is 2. The van der Waals surface area contributed by atoms with E-state index in [-0.39, 0.29) is 58.6 Å². The monoisotopic (exact) mass is 692 g/mol. The molecular formula is C33H30Cl2N6O5S. The van der Waals surface area contributed by atoms with Crippen LogP contribution in [0.25, 0.3) is 11.0 Å². The van der Waals surface area contributed by atoms with Crippen molar-refractivity contribution in [3.8, 4) is 11.8 Å². The molecule has 1 atom stereocenters. The fourth-order valence-electron chi connectivity index (χ4n) is 5.88. The van der Waals surface area contributed by atoms with Gasteiger partial charge in [0.25, 0.3) is 5.91 Å². The van der Waals surface area contributed by atoms with Crippen molar-refractivity contribution in [2.45, 2.75) is 37.3 Å². The molecule has 0 spiro atoms. The van der Waals surface area contributed by atoms with Gasteiger partial charge in [-0.05, 0) is 68.3 Å². The number of sulfonamides is 1. The fourth-order valence-corrected chi connectivity index (χ4v) is 8.40. The highest BCUT2D eigenvalue weighted by atomic mass is 35.5. The predicted octanol–water partition coefficient (Wildman–Crippen LogP) is 4.83. The second-order valence-electron chi connectivity index (χ2n) is 11.3. The molecule has 14 heteroatoms. The van der Waals surface area contributed by atoms with Crippen molar-refractivity contribution in [2.75, 3.05) is 32.7 Å². The maximum atomic E-state index is 14.0. The number of piperazine rings is 1. The first kappa shape index (κ1) is 32.7. The first-order valence-electron chi connectivity index (χ1n) is 15.0. The van der Waals surface area contributed by atoms with E-state index in [1.54, 1.807) is 52.4 Å². The summed E-state index contributed by atoms with van der Waals surface area (Å²) >= 11 is 13.2. The number of hydrogen-bond acceptors (Lipinski definition) is 8. The van der Waals surface area contributed by atoms with Crippen LogP contribution in [0, 0.1) is 18.3 Å². The quantitative estimate of drug-likeness (QED) is 0.269. The average molecular weight is 694 g/mol. The lowest BCUT2D eigenvalue weighted by Crippen LogP contribution is -2.55. The third-order valence-electron chi connectivity index (χ3n) is 8.39. The number of aromatic nitrogens is 2. The minimum atomic E-state index is -4.20. The largest absolute Gasteiger partial charge is 0.486 e. The van der Waals surface area contributed by atoms with E-state index < -0.39 is 16.1 Å². The number of carbonyl (C=O) groups is 2. The van der Waals surface area contributed by atoms with E-state index in [0.29, 0.717) is 59.5 Å². The van der Waals surface area contributed by atoms with Crippen molar-refractivity contribution in [3.63, 3.8) is 0 Å². The van der Waals surface area contributed by atoms with Crippen LogP contribution in [-0.4, -0.2) is 83.1 Å². The van der Waals surface area contributed by atoms with E-state index in [2.05, 4.69) is 9.97 Å². The Morgan fingerprint density at radius 3 is 2.45 bits per heavy atom. The molecule has 2 saturated heterocycles. The summed E-state index contributed by atoms with van der Waals surface area (Å²) in [6.07, 6.45) is 2.53. The standard InChI is InChI=1S/C33H30Cl2N6O5S/c1-21-19-37-26-4-2-6-28(31(26)38-21)46-20-24-25(34)11-12-29(30(24)35)47(44,45)41-13-3-5-27(41)33(43)40-16-14-39(15-17-40)32(42)23-9-7-22(18-36)8-10-23/h2,4,6-12,19,27H,3,5,13-17,20H2,1H3. The van der Waals surface area contributed by atoms with Gasteiger partial charge in [-0.25, -0.2) is 13.4 Å². The minimum absolute atomic E-state index is 0.0759. The van der Waals surface area contributed by atoms with E-state index in [9.17, 15) is 18.0 Å². The van der Waals surface area contributed by atoms with Gasteiger partial charge in [-0.3, -0.25) is 14.6 Å². The number of nitriles is 1. The number of rotatable bonds is 7. The van der Waals surface area contributed by atoms with Crippen LogP contribution >= 0.6 is 23.2 Å². The summed E-state index contributed by atoms with van der Waals surface area (Å²) in [4.78, 5) is 38.7. The molecule has 6 rings (SSSR count). The number of hydrogen-bond donors (Lipinski definition) is 0. The first-order valence-corrected chi connectivity index (χ1v) is 17.2. The van der Waals surface area contributed by atoms with Crippen molar-refractivity contribution >= 4 is 56.1 Å². The fraction of sp³-hybridized carbons (Fsp3) is 0.303. The van der Waals surface area contributed by atoms with Crippen molar-refractivity contribution in [2.24, 2.45) is 0 Å². The Bertz CT molecular complexity index is 2010. The lowest BCUT2D eigenvalue weighted by molar-refractivity contribution is -0.136. The molecule has 47 heavy (non-hydrogen) atoms. The molecule has 4 aromatic rings. The van der Waals surface area contributed by atoms with Crippen LogP contribution in [0.3, 0.4) is 0 Å². The number of para-hydroxylation sites is 1. The Labute approximate surface area is 282 Å². The molecule has 0 N–H and O–H groups in total. The molecular weight excluding hydrogens is 663 g/mol. The van der Waals surface area contributed by atoms with Crippen molar-refractivity contribution in [1.82, 2.24) is 24.1 Å². The normalized spacial score (nSPS) is 17.1. The van der Waals surface area contributed by atoms with Crippen LogP contribution in [0.2, 0.25) is 10.0 Å². The molecule has 242 valence electrons. The van der Waals surface area contributed by atoms with Crippen molar-refractivity contribution < 1.29 is 22.7 Å². The summed E-state index contributed by atoms with van der Waals surface area (Å²) in [7, 11) is -4.20. The zero-order chi connectivity index (χ0) is 33.3. The average Bonchev–Trinajstić information content (AvgIpc) is 3.59. The maximum Gasteiger partial charge on any atom is 0.253 e. The predicted molar refractivity (Wildman–Crippen MR) is 176 cm³/mol. The highest BCUT2D eigenvalue weighted by Gasteiger charge is 2.43. The number of benzene rings is 3. The zero-order valence-electron chi connectivity index (χ0n) is 25.4.